The third-order valence-corrected chi connectivity index (χ3v) is 10.0. The van der Waals surface area contributed by atoms with E-state index in [4.69, 9.17) is 11.5 Å². The van der Waals surface area contributed by atoms with Gasteiger partial charge in [0.1, 0.15) is 30.2 Å². The van der Waals surface area contributed by atoms with Gasteiger partial charge in [-0.25, -0.2) is 4.98 Å². The number of amides is 6. The molecule has 0 aliphatic carbocycles. The highest BCUT2D eigenvalue weighted by Gasteiger charge is 2.35. The van der Waals surface area contributed by atoms with E-state index < -0.39 is 84.1 Å². The minimum Gasteiger partial charge on any atom is -0.480 e. The summed E-state index contributed by atoms with van der Waals surface area (Å²) in [6.07, 6.45) is 7.44. The van der Waals surface area contributed by atoms with Crippen LogP contribution >= 0.6 is 11.8 Å². The maximum absolute atomic E-state index is 14.6. The van der Waals surface area contributed by atoms with Crippen LogP contribution in [0.1, 0.15) is 58.2 Å². The first-order valence-corrected chi connectivity index (χ1v) is 21.0. The Balaban J connectivity index is 1.99. The van der Waals surface area contributed by atoms with E-state index in [0.29, 0.717) is 36.3 Å². The standard InChI is InChI=1S/C39H58N12O8S/c1-22(2)33(50-34(54)29(12-15-60-5)47-24(4)52)36(56)48-30(17-26-19-42-21-45-26)35(55)49-31(16-25-18-44-28-11-7-6-10-27(25)28)37(57)51(14-9-8-13-43-39(40)41)20-32(53)46-23(3)38(58)59/h6-7,10-11,18-19,21-23,29-31,33,44H,8-9,12-17,20H2,1-5H3,(H,42,45)(H,46,53)(H,47,52)(H,48,56)(H,49,55)(H,50,54)(H,58,59)(H4,40,41,43)/t23-,29-,30?,31-,33-/m0/s1. The van der Waals surface area contributed by atoms with Crippen molar-refractivity contribution in [3.05, 3.63) is 54.2 Å². The van der Waals surface area contributed by atoms with E-state index in [2.05, 4.69) is 46.5 Å². The monoisotopic (exact) mass is 854 g/mol. The fourth-order valence-corrected chi connectivity index (χ4v) is 6.72. The van der Waals surface area contributed by atoms with Crippen LogP contribution in [0.2, 0.25) is 0 Å². The predicted octanol–water partition coefficient (Wildman–Crippen LogP) is -0.484. The van der Waals surface area contributed by atoms with E-state index in [1.165, 1.54) is 43.0 Å². The Morgan fingerprint density at radius 2 is 1.58 bits per heavy atom. The molecule has 12 N–H and O–H groups in total. The van der Waals surface area contributed by atoms with Gasteiger partial charge < -0.3 is 58.0 Å². The zero-order chi connectivity index (χ0) is 44.4. The molecule has 2 heterocycles. The van der Waals surface area contributed by atoms with Crippen molar-refractivity contribution in [3.63, 3.8) is 0 Å². The molecule has 5 atom stereocenters. The Bertz CT molecular complexity index is 1950. The number of nitrogens with zero attached hydrogens (tertiary/aromatic N) is 3. The predicted molar refractivity (Wildman–Crippen MR) is 227 cm³/mol. The molecule has 0 bridgehead atoms. The van der Waals surface area contributed by atoms with E-state index in [1.807, 2.05) is 30.5 Å². The second-order valence-electron chi connectivity index (χ2n) is 14.6. The number of rotatable bonds is 25. The van der Waals surface area contributed by atoms with Crippen LogP contribution < -0.4 is 38.1 Å². The minimum absolute atomic E-state index is 0.0223. The molecule has 0 spiro atoms. The maximum Gasteiger partial charge on any atom is 0.325 e. The summed E-state index contributed by atoms with van der Waals surface area (Å²) in [6.45, 7) is 5.77. The van der Waals surface area contributed by atoms with Gasteiger partial charge in [-0.15, -0.1) is 0 Å². The largest absolute Gasteiger partial charge is 0.480 e. The number of aliphatic imine (C=N–C) groups is 1. The van der Waals surface area contributed by atoms with Crippen molar-refractivity contribution in [2.45, 2.75) is 90.0 Å². The number of benzene rings is 1. The number of unbranched alkanes of at least 4 members (excludes halogenated alkanes) is 1. The zero-order valence-corrected chi connectivity index (χ0v) is 35.4. The number of imidazole rings is 1. The van der Waals surface area contributed by atoms with Crippen LogP contribution in [0.25, 0.3) is 10.9 Å². The zero-order valence-electron chi connectivity index (χ0n) is 34.6. The molecule has 0 fully saturated rings. The van der Waals surface area contributed by atoms with E-state index in [-0.39, 0.29) is 31.9 Å². The second kappa shape index (κ2) is 24.1. The molecule has 3 aromatic rings. The number of nitrogens with two attached hydrogens (primary N) is 2. The van der Waals surface area contributed by atoms with Gasteiger partial charge in [0.15, 0.2) is 5.96 Å². The highest BCUT2D eigenvalue weighted by molar-refractivity contribution is 7.98. The number of H-pyrrole nitrogens is 2. The Hall–Kier alpha value is -6.12. The normalized spacial score (nSPS) is 13.6. The number of guanidine groups is 1. The number of carbonyl (C=O) groups excluding carboxylic acids is 6. The highest BCUT2D eigenvalue weighted by atomic mass is 32.2. The number of aromatic nitrogens is 3. The Labute approximate surface area is 352 Å². The van der Waals surface area contributed by atoms with Crippen LogP contribution in [0, 0.1) is 5.92 Å². The van der Waals surface area contributed by atoms with Crippen LogP contribution in [0.3, 0.4) is 0 Å². The first-order chi connectivity index (χ1) is 28.5. The third-order valence-electron chi connectivity index (χ3n) is 9.40. The number of hydrogen-bond donors (Lipinski definition) is 10. The highest BCUT2D eigenvalue weighted by Crippen LogP contribution is 2.20. The number of nitrogens with one attached hydrogen (secondary N) is 7. The van der Waals surface area contributed by atoms with E-state index in [9.17, 15) is 38.7 Å². The summed E-state index contributed by atoms with van der Waals surface area (Å²) in [5.41, 5.74) is 12.9. The Kier molecular flexibility index (Phi) is 19.4. The summed E-state index contributed by atoms with van der Waals surface area (Å²) in [4.78, 5) is 108. The first kappa shape index (κ1) is 48.3. The lowest BCUT2D eigenvalue weighted by Crippen LogP contribution is -2.60. The molecule has 328 valence electrons. The fourth-order valence-electron chi connectivity index (χ4n) is 6.25. The van der Waals surface area contributed by atoms with Crippen LogP contribution in [-0.2, 0) is 46.4 Å². The van der Waals surface area contributed by atoms with Crippen molar-refractivity contribution in [2.24, 2.45) is 22.4 Å². The van der Waals surface area contributed by atoms with Crippen molar-refractivity contribution in [1.29, 1.82) is 0 Å². The van der Waals surface area contributed by atoms with Crippen molar-refractivity contribution >= 4 is 70.0 Å². The molecule has 0 saturated heterocycles. The number of para-hydroxylation sites is 1. The average Bonchev–Trinajstić information content (AvgIpc) is 3.86. The van der Waals surface area contributed by atoms with E-state index >= 15 is 0 Å². The third kappa shape index (κ3) is 15.6. The van der Waals surface area contributed by atoms with Crippen molar-refractivity contribution < 1.29 is 38.7 Å². The minimum atomic E-state index is -1.30. The van der Waals surface area contributed by atoms with Gasteiger partial charge in [-0.05, 0) is 55.7 Å². The molecular weight excluding hydrogens is 797 g/mol. The lowest BCUT2D eigenvalue weighted by Gasteiger charge is -2.30. The molecule has 21 heteroatoms. The summed E-state index contributed by atoms with van der Waals surface area (Å²) in [5.74, 6) is -5.04. The lowest BCUT2D eigenvalue weighted by molar-refractivity contribution is -0.143. The van der Waals surface area contributed by atoms with Crippen LogP contribution in [0.5, 0.6) is 0 Å². The molecule has 20 nitrogen and oxygen atoms in total. The number of aromatic amines is 2. The van der Waals surface area contributed by atoms with E-state index in [1.54, 1.807) is 20.0 Å². The van der Waals surface area contributed by atoms with Crippen LogP contribution in [-0.4, -0.2) is 134 Å². The number of aliphatic carboxylic acids is 1. The molecule has 0 radical (unpaired) electrons. The number of hydrogen-bond acceptors (Lipinski definition) is 10. The number of fused-ring (bicyclic) bond motifs is 1. The van der Waals surface area contributed by atoms with Gasteiger partial charge in [0, 0.05) is 61.8 Å². The molecule has 6 amide bonds. The van der Waals surface area contributed by atoms with Gasteiger partial charge in [0.2, 0.25) is 35.4 Å². The number of thioether (sulfide) groups is 1. The maximum atomic E-state index is 14.6. The first-order valence-electron chi connectivity index (χ1n) is 19.6. The molecule has 1 aromatic carbocycles. The van der Waals surface area contributed by atoms with Crippen molar-refractivity contribution in [2.75, 3.05) is 31.6 Å². The van der Waals surface area contributed by atoms with Crippen molar-refractivity contribution in [1.82, 2.24) is 46.4 Å². The Morgan fingerprint density at radius 1 is 0.883 bits per heavy atom. The summed E-state index contributed by atoms with van der Waals surface area (Å²) in [5, 5.41) is 23.5. The molecule has 2 aromatic heterocycles. The number of carboxylic acid groups (broad SMARTS) is 1. The average molecular weight is 855 g/mol. The van der Waals surface area contributed by atoms with Gasteiger partial charge in [0.25, 0.3) is 0 Å². The fraction of sp³-hybridized carbons (Fsp3) is 0.513. The quantitative estimate of drug-likeness (QED) is 0.0294. The lowest BCUT2D eigenvalue weighted by atomic mass is 10.0. The summed E-state index contributed by atoms with van der Waals surface area (Å²) < 4.78 is 0. The van der Waals surface area contributed by atoms with E-state index in [0.717, 1.165) is 10.9 Å². The second-order valence-corrected chi connectivity index (χ2v) is 15.6. The van der Waals surface area contributed by atoms with Gasteiger partial charge in [-0.3, -0.25) is 38.6 Å². The van der Waals surface area contributed by atoms with Crippen molar-refractivity contribution in [3.8, 4) is 0 Å². The smallest absolute Gasteiger partial charge is 0.325 e. The number of carbonyl (C=O) groups is 7. The van der Waals surface area contributed by atoms with Gasteiger partial charge >= 0.3 is 5.97 Å². The van der Waals surface area contributed by atoms with Gasteiger partial charge in [0.05, 0.1) is 12.9 Å². The molecule has 1 unspecified atom stereocenters. The van der Waals surface area contributed by atoms with Gasteiger partial charge in [-0.2, -0.15) is 11.8 Å². The molecule has 0 saturated carbocycles. The topological polar surface area (TPSA) is 312 Å². The number of carboxylic acids is 1. The SMILES string of the molecule is CSCC[C@H](NC(C)=O)C(=O)N[C@H](C(=O)NC(Cc1cnc[nH]1)C(=O)N[C@@H](Cc1c[nH]c2ccccc12)C(=O)N(CCCCN=C(N)N)CC(=O)N[C@@H](C)C(=O)O)C(C)C. The molecule has 3 rings (SSSR count). The molecule has 0 aliphatic heterocycles. The van der Waals surface area contributed by atoms with Crippen LogP contribution in [0.4, 0.5) is 0 Å². The molecule has 0 aliphatic rings. The molecular formula is C39H58N12O8S. The summed E-state index contributed by atoms with van der Waals surface area (Å²) in [7, 11) is 0. The summed E-state index contributed by atoms with van der Waals surface area (Å²) >= 11 is 1.50. The van der Waals surface area contributed by atoms with Gasteiger partial charge in [-0.1, -0.05) is 32.0 Å². The summed E-state index contributed by atoms with van der Waals surface area (Å²) in [6, 6.07) is 1.52. The molecule has 60 heavy (non-hydrogen) atoms. The van der Waals surface area contributed by atoms with Crippen LogP contribution in [0.15, 0.2) is 48.0 Å². The Morgan fingerprint density at radius 3 is 2.22 bits per heavy atom.